The number of phenolic OH excluding ortho intramolecular Hbond substituents is 1. The Morgan fingerprint density at radius 1 is 1.12 bits per heavy atom. The molecule has 0 atom stereocenters. The van der Waals surface area contributed by atoms with Gasteiger partial charge in [-0.3, -0.25) is 4.79 Å². The quantitative estimate of drug-likeness (QED) is 0.794. The van der Waals surface area contributed by atoms with E-state index < -0.39 is 17.4 Å². The predicted octanol–water partition coefficient (Wildman–Crippen LogP) is 3.69. The Balaban J connectivity index is 2.92. The molecule has 0 spiro atoms. The van der Waals surface area contributed by atoms with Gasteiger partial charge >= 0.3 is 11.9 Å². The summed E-state index contributed by atoms with van der Waals surface area (Å²) in [6.07, 6.45) is 0. The van der Waals surface area contributed by atoms with Crippen LogP contribution in [0.25, 0.3) is 10.9 Å². The Bertz CT molecular complexity index is 848. The number of aromatic nitrogens is 1. The molecule has 0 saturated heterocycles. The topological polar surface area (TPSA) is 77.8 Å². The molecule has 142 valence electrons. The van der Waals surface area contributed by atoms with E-state index in [4.69, 9.17) is 9.47 Å². The fourth-order valence-electron chi connectivity index (χ4n) is 3.46. The van der Waals surface area contributed by atoms with Gasteiger partial charge in [-0.25, -0.2) is 4.79 Å². The third kappa shape index (κ3) is 3.04. The lowest BCUT2D eigenvalue weighted by Gasteiger charge is -2.25. The van der Waals surface area contributed by atoms with Gasteiger partial charge in [0.05, 0.1) is 24.2 Å². The number of nitrogens with zero attached hydrogens (tertiary/aromatic N) is 1. The third-order valence-electron chi connectivity index (χ3n) is 4.68. The summed E-state index contributed by atoms with van der Waals surface area (Å²) in [4.78, 5) is 25.2. The van der Waals surface area contributed by atoms with Crippen LogP contribution in [0.3, 0.4) is 0 Å². The molecule has 6 nitrogen and oxygen atoms in total. The first-order valence-corrected chi connectivity index (χ1v) is 8.91. The number of phenols is 1. The van der Waals surface area contributed by atoms with Crippen molar-refractivity contribution in [3.63, 3.8) is 0 Å². The van der Waals surface area contributed by atoms with E-state index in [0.717, 1.165) is 11.2 Å². The number of benzene rings is 1. The average Bonchev–Trinajstić information content (AvgIpc) is 2.85. The van der Waals surface area contributed by atoms with Crippen molar-refractivity contribution in [3.8, 4) is 5.75 Å². The summed E-state index contributed by atoms with van der Waals surface area (Å²) < 4.78 is 12.4. The van der Waals surface area contributed by atoms with Gasteiger partial charge < -0.3 is 19.1 Å². The van der Waals surface area contributed by atoms with Gasteiger partial charge in [-0.1, -0.05) is 0 Å². The van der Waals surface area contributed by atoms with Crippen LogP contribution < -0.4 is 0 Å². The van der Waals surface area contributed by atoms with Gasteiger partial charge in [-0.05, 0) is 53.7 Å². The van der Waals surface area contributed by atoms with Crippen molar-refractivity contribution in [2.45, 2.75) is 53.5 Å². The molecular weight excluding hydrogens is 334 g/mol. The summed E-state index contributed by atoms with van der Waals surface area (Å²) >= 11 is 0. The van der Waals surface area contributed by atoms with Crippen molar-refractivity contribution in [3.05, 3.63) is 29.0 Å². The van der Waals surface area contributed by atoms with Gasteiger partial charge in [0.15, 0.2) is 0 Å². The second kappa shape index (κ2) is 7.40. The highest BCUT2D eigenvalue weighted by molar-refractivity contribution is 6.09. The van der Waals surface area contributed by atoms with Crippen molar-refractivity contribution >= 4 is 22.8 Å². The maximum absolute atomic E-state index is 12.7. The van der Waals surface area contributed by atoms with Crippen LogP contribution in [0, 0.1) is 6.92 Å². The van der Waals surface area contributed by atoms with Gasteiger partial charge in [-0.15, -0.1) is 0 Å². The number of carbonyl (C=O) groups excluding carboxylic acids is 2. The molecule has 0 aliphatic heterocycles. The third-order valence-corrected chi connectivity index (χ3v) is 4.68. The van der Waals surface area contributed by atoms with Crippen LogP contribution in [0.2, 0.25) is 0 Å². The summed E-state index contributed by atoms with van der Waals surface area (Å²) in [6, 6.07) is 3.31. The molecule has 1 aromatic carbocycles. The molecule has 2 rings (SSSR count). The monoisotopic (exact) mass is 361 g/mol. The predicted molar refractivity (Wildman–Crippen MR) is 99.6 cm³/mol. The Morgan fingerprint density at radius 2 is 1.73 bits per heavy atom. The Morgan fingerprint density at radius 3 is 2.27 bits per heavy atom. The van der Waals surface area contributed by atoms with Crippen LogP contribution in [0.1, 0.15) is 56.2 Å². The maximum atomic E-state index is 12.7. The maximum Gasteiger partial charge on any atom is 0.340 e. The average molecular weight is 361 g/mol. The van der Waals surface area contributed by atoms with Crippen molar-refractivity contribution in [1.82, 2.24) is 4.57 Å². The van der Waals surface area contributed by atoms with Crippen LogP contribution in [-0.2, 0) is 26.2 Å². The zero-order valence-corrected chi connectivity index (χ0v) is 16.3. The second-order valence-electron chi connectivity index (χ2n) is 6.62. The number of aryl methyl sites for hydroxylation is 1. The van der Waals surface area contributed by atoms with Crippen molar-refractivity contribution < 1.29 is 24.2 Å². The number of ether oxygens (including phenoxy) is 2. The zero-order valence-electron chi connectivity index (χ0n) is 16.3. The number of fused-ring (bicyclic) bond motifs is 1. The molecule has 0 bridgehead atoms. The van der Waals surface area contributed by atoms with E-state index in [0.29, 0.717) is 23.1 Å². The summed E-state index contributed by atoms with van der Waals surface area (Å²) in [5.74, 6) is -0.970. The highest BCUT2D eigenvalue weighted by Crippen LogP contribution is 2.41. The lowest BCUT2D eigenvalue weighted by atomic mass is 9.81. The SMILES string of the molecule is CCOC(=O)c1c(C)n(CC)c2ccc(O)c(C(C)(C)C(=O)OCC)c12. The molecule has 1 heterocycles. The Hall–Kier alpha value is -2.50. The first kappa shape index (κ1) is 19.8. The molecule has 0 unspecified atom stereocenters. The van der Waals surface area contributed by atoms with E-state index in [1.807, 2.05) is 18.4 Å². The summed E-state index contributed by atoms with van der Waals surface area (Å²) in [5, 5.41) is 11.1. The van der Waals surface area contributed by atoms with Crippen molar-refractivity contribution in [2.75, 3.05) is 13.2 Å². The van der Waals surface area contributed by atoms with E-state index in [9.17, 15) is 14.7 Å². The van der Waals surface area contributed by atoms with E-state index in [2.05, 4.69) is 0 Å². The van der Waals surface area contributed by atoms with Crippen molar-refractivity contribution in [2.24, 2.45) is 0 Å². The van der Waals surface area contributed by atoms with E-state index >= 15 is 0 Å². The molecular formula is C20H27NO5. The minimum Gasteiger partial charge on any atom is -0.508 e. The number of rotatable bonds is 6. The van der Waals surface area contributed by atoms with Gasteiger partial charge in [0.1, 0.15) is 5.75 Å². The van der Waals surface area contributed by atoms with Gasteiger partial charge in [0.2, 0.25) is 0 Å². The van der Waals surface area contributed by atoms with E-state index in [1.165, 1.54) is 0 Å². The van der Waals surface area contributed by atoms with E-state index in [1.54, 1.807) is 39.8 Å². The fourth-order valence-corrected chi connectivity index (χ4v) is 3.46. The molecule has 6 heteroatoms. The number of hydrogen-bond donors (Lipinski definition) is 1. The molecule has 2 aromatic rings. The largest absolute Gasteiger partial charge is 0.508 e. The van der Waals surface area contributed by atoms with Crippen LogP contribution >= 0.6 is 0 Å². The smallest absolute Gasteiger partial charge is 0.340 e. The molecule has 0 radical (unpaired) electrons. The highest BCUT2D eigenvalue weighted by atomic mass is 16.5. The summed E-state index contributed by atoms with van der Waals surface area (Å²) in [7, 11) is 0. The highest BCUT2D eigenvalue weighted by Gasteiger charge is 2.38. The molecule has 0 aliphatic rings. The molecule has 0 amide bonds. The number of carbonyl (C=O) groups is 2. The molecule has 26 heavy (non-hydrogen) atoms. The lowest BCUT2D eigenvalue weighted by molar-refractivity contribution is -0.148. The van der Waals surface area contributed by atoms with Gasteiger partial charge in [0.25, 0.3) is 0 Å². The van der Waals surface area contributed by atoms with Crippen LogP contribution in [0.4, 0.5) is 0 Å². The first-order chi connectivity index (χ1) is 12.2. The van der Waals surface area contributed by atoms with E-state index in [-0.39, 0.29) is 19.0 Å². The molecule has 0 fully saturated rings. The second-order valence-corrected chi connectivity index (χ2v) is 6.62. The van der Waals surface area contributed by atoms with Crippen molar-refractivity contribution in [1.29, 1.82) is 0 Å². The molecule has 1 aromatic heterocycles. The Kier molecular flexibility index (Phi) is 5.64. The number of esters is 2. The minimum atomic E-state index is -1.13. The number of aromatic hydroxyl groups is 1. The standard InChI is InChI=1S/C20H27NO5/c1-7-21-12(4)15(18(23)25-8-2)16-13(21)10-11-14(22)17(16)20(5,6)19(24)26-9-3/h10-11,22H,7-9H2,1-6H3. The van der Waals surface area contributed by atoms with Gasteiger partial charge in [-0.2, -0.15) is 0 Å². The first-order valence-electron chi connectivity index (χ1n) is 8.91. The van der Waals surface area contributed by atoms with Gasteiger partial charge in [0, 0.05) is 28.7 Å². The van der Waals surface area contributed by atoms with Crippen LogP contribution in [0.5, 0.6) is 5.75 Å². The lowest BCUT2D eigenvalue weighted by Crippen LogP contribution is -2.31. The molecule has 0 aliphatic carbocycles. The molecule has 1 N–H and O–H groups in total. The normalized spacial score (nSPS) is 11.6. The molecule has 0 saturated carbocycles. The minimum absolute atomic E-state index is 0.0469. The summed E-state index contributed by atoms with van der Waals surface area (Å²) in [6.45, 7) is 11.8. The van der Waals surface area contributed by atoms with Crippen LogP contribution in [0.15, 0.2) is 12.1 Å². The zero-order chi connectivity index (χ0) is 19.6. The van der Waals surface area contributed by atoms with Crippen LogP contribution in [-0.4, -0.2) is 34.8 Å². The summed E-state index contributed by atoms with van der Waals surface area (Å²) in [5.41, 5.74) is 1.15. The Labute approximate surface area is 153 Å². The number of hydrogen-bond acceptors (Lipinski definition) is 5. The fraction of sp³-hybridized carbons (Fsp3) is 0.500.